The quantitative estimate of drug-likeness (QED) is 0.891. The lowest BCUT2D eigenvalue weighted by atomic mass is 10.3. The van der Waals surface area contributed by atoms with Crippen molar-refractivity contribution in [1.29, 1.82) is 0 Å². The number of hydrogen-bond acceptors (Lipinski definition) is 3. The highest BCUT2D eigenvalue weighted by molar-refractivity contribution is 6.31. The molecule has 0 saturated heterocycles. The number of furan rings is 1. The Morgan fingerprint density at radius 3 is 2.94 bits per heavy atom. The number of nitrogens with one attached hydrogen (secondary N) is 1. The molecular formula is C12H16ClN3O. The van der Waals surface area contributed by atoms with Crippen LogP contribution in [0.1, 0.15) is 23.9 Å². The van der Waals surface area contributed by atoms with Gasteiger partial charge < -0.3 is 9.73 Å². The summed E-state index contributed by atoms with van der Waals surface area (Å²) in [5, 5.41) is 8.45. The van der Waals surface area contributed by atoms with Crippen LogP contribution >= 0.6 is 11.6 Å². The van der Waals surface area contributed by atoms with Gasteiger partial charge in [-0.15, -0.1) is 0 Å². The van der Waals surface area contributed by atoms with E-state index in [2.05, 4.69) is 17.3 Å². The average Bonchev–Trinajstić information content (AvgIpc) is 2.92. The number of nitrogens with zero attached hydrogens (tertiary/aromatic N) is 2. The molecule has 0 aliphatic heterocycles. The fourth-order valence-electron chi connectivity index (χ4n) is 1.76. The summed E-state index contributed by atoms with van der Waals surface area (Å²) in [4.78, 5) is 0. The van der Waals surface area contributed by atoms with E-state index in [0.717, 1.165) is 35.1 Å². The summed E-state index contributed by atoms with van der Waals surface area (Å²) in [5.74, 6) is 0. The maximum atomic E-state index is 6.21. The topological polar surface area (TPSA) is 43.0 Å². The van der Waals surface area contributed by atoms with Crippen molar-refractivity contribution in [3.8, 4) is 0 Å². The molecule has 0 unspecified atom stereocenters. The lowest BCUT2D eigenvalue weighted by Gasteiger charge is -2.06. The van der Waals surface area contributed by atoms with Crippen LogP contribution in [0.2, 0.25) is 5.02 Å². The largest absolute Gasteiger partial charge is 0.472 e. The number of aromatic nitrogens is 2. The first kappa shape index (κ1) is 12.2. The van der Waals surface area contributed by atoms with Crippen molar-refractivity contribution >= 4 is 11.6 Å². The van der Waals surface area contributed by atoms with Gasteiger partial charge in [0.15, 0.2) is 0 Å². The molecule has 0 bridgehead atoms. The van der Waals surface area contributed by atoms with Gasteiger partial charge in [0.25, 0.3) is 0 Å². The Bertz CT molecular complexity index is 476. The molecule has 92 valence electrons. The highest BCUT2D eigenvalue weighted by Gasteiger charge is 2.11. The highest BCUT2D eigenvalue weighted by Crippen LogP contribution is 2.20. The van der Waals surface area contributed by atoms with E-state index in [4.69, 9.17) is 16.0 Å². The molecule has 2 aromatic rings. The third kappa shape index (κ3) is 2.70. The Balaban J connectivity index is 1.98. The van der Waals surface area contributed by atoms with Gasteiger partial charge in [0.1, 0.15) is 0 Å². The first-order chi connectivity index (χ1) is 8.22. The molecule has 4 nitrogen and oxygen atoms in total. The van der Waals surface area contributed by atoms with Gasteiger partial charge in [0.05, 0.1) is 28.9 Å². The molecule has 2 heterocycles. The second-order valence-electron chi connectivity index (χ2n) is 3.90. The Morgan fingerprint density at radius 2 is 2.29 bits per heavy atom. The van der Waals surface area contributed by atoms with E-state index in [0.29, 0.717) is 6.54 Å². The summed E-state index contributed by atoms with van der Waals surface area (Å²) in [7, 11) is 0. The Labute approximate surface area is 106 Å². The van der Waals surface area contributed by atoms with Gasteiger partial charge in [-0.1, -0.05) is 11.6 Å². The van der Waals surface area contributed by atoms with Crippen LogP contribution in [0, 0.1) is 6.92 Å². The van der Waals surface area contributed by atoms with Gasteiger partial charge in [-0.2, -0.15) is 5.10 Å². The monoisotopic (exact) mass is 253 g/mol. The SMILES string of the molecule is CCn1nc(C)c(Cl)c1CNCc1ccoc1. The van der Waals surface area contributed by atoms with Gasteiger partial charge in [0.2, 0.25) is 0 Å². The molecule has 2 rings (SSSR count). The summed E-state index contributed by atoms with van der Waals surface area (Å²) < 4.78 is 6.94. The van der Waals surface area contributed by atoms with Crippen LogP contribution in [0.5, 0.6) is 0 Å². The third-order valence-electron chi connectivity index (χ3n) is 2.65. The molecule has 0 atom stereocenters. The summed E-state index contributed by atoms with van der Waals surface area (Å²) in [6.07, 6.45) is 3.40. The van der Waals surface area contributed by atoms with Crippen LogP contribution in [0.15, 0.2) is 23.0 Å². The Hall–Kier alpha value is -1.26. The zero-order valence-electron chi connectivity index (χ0n) is 10.0. The number of halogens is 1. The van der Waals surface area contributed by atoms with Crippen molar-refractivity contribution in [3.05, 3.63) is 40.6 Å². The van der Waals surface area contributed by atoms with Crippen LogP contribution in [-0.4, -0.2) is 9.78 Å². The number of hydrogen-bond donors (Lipinski definition) is 1. The van der Waals surface area contributed by atoms with E-state index in [9.17, 15) is 0 Å². The zero-order chi connectivity index (χ0) is 12.3. The molecule has 0 fully saturated rings. The number of rotatable bonds is 5. The molecule has 1 N–H and O–H groups in total. The lowest BCUT2D eigenvalue weighted by molar-refractivity contribution is 0.554. The fraction of sp³-hybridized carbons (Fsp3) is 0.417. The molecule has 0 aliphatic rings. The molecule has 0 radical (unpaired) electrons. The number of aryl methyl sites for hydroxylation is 2. The Kier molecular flexibility index (Phi) is 3.86. The smallest absolute Gasteiger partial charge is 0.0947 e. The van der Waals surface area contributed by atoms with Gasteiger partial charge in [0, 0.05) is 25.2 Å². The second kappa shape index (κ2) is 5.38. The maximum Gasteiger partial charge on any atom is 0.0947 e. The molecule has 0 saturated carbocycles. The first-order valence-electron chi connectivity index (χ1n) is 5.66. The predicted molar refractivity (Wildman–Crippen MR) is 66.9 cm³/mol. The van der Waals surface area contributed by atoms with Crippen molar-refractivity contribution in [2.45, 2.75) is 33.5 Å². The van der Waals surface area contributed by atoms with E-state index in [1.54, 1.807) is 12.5 Å². The van der Waals surface area contributed by atoms with Crippen LogP contribution in [-0.2, 0) is 19.6 Å². The fourth-order valence-corrected chi connectivity index (χ4v) is 1.96. The standard InChI is InChI=1S/C12H16ClN3O/c1-3-16-11(12(13)9(2)15-16)7-14-6-10-4-5-17-8-10/h4-5,8,14H,3,6-7H2,1-2H3. The molecule has 2 aromatic heterocycles. The minimum absolute atomic E-state index is 0.707. The van der Waals surface area contributed by atoms with Crippen molar-refractivity contribution in [2.24, 2.45) is 0 Å². The Morgan fingerprint density at radius 1 is 1.47 bits per heavy atom. The van der Waals surface area contributed by atoms with E-state index in [-0.39, 0.29) is 0 Å². The molecule has 0 spiro atoms. The van der Waals surface area contributed by atoms with E-state index in [1.165, 1.54) is 0 Å². The summed E-state index contributed by atoms with van der Waals surface area (Å²) in [5.41, 5.74) is 3.05. The molecular weight excluding hydrogens is 238 g/mol. The molecule has 0 amide bonds. The van der Waals surface area contributed by atoms with Gasteiger partial charge in [-0.25, -0.2) is 0 Å². The van der Waals surface area contributed by atoms with Crippen LogP contribution in [0.25, 0.3) is 0 Å². The van der Waals surface area contributed by atoms with Crippen molar-refractivity contribution in [2.75, 3.05) is 0 Å². The summed E-state index contributed by atoms with van der Waals surface area (Å²) >= 11 is 6.21. The minimum atomic E-state index is 0.707. The van der Waals surface area contributed by atoms with E-state index >= 15 is 0 Å². The predicted octanol–water partition coefficient (Wildman–Crippen LogP) is 2.75. The lowest BCUT2D eigenvalue weighted by Crippen LogP contribution is -2.16. The zero-order valence-corrected chi connectivity index (χ0v) is 10.8. The molecule has 0 aliphatic carbocycles. The van der Waals surface area contributed by atoms with Crippen LogP contribution < -0.4 is 5.32 Å². The molecule has 0 aromatic carbocycles. The molecule has 5 heteroatoms. The summed E-state index contributed by atoms with van der Waals surface area (Å²) in [6.45, 7) is 6.28. The average molecular weight is 254 g/mol. The van der Waals surface area contributed by atoms with Gasteiger partial charge >= 0.3 is 0 Å². The van der Waals surface area contributed by atoms with Gasteiger partial charge in [-0.05, 0) is 19.9 Å². The van der Waals surface area contributed by atoms with Crippen LogP contribution in [0.3, 0.4) is 0 Å². The van der Waals surface area contributed by atoms with Crippen LogP contribution in [0.4, 0.5) is 0 Å². The maximum absolute atomic E-state index is 6.21. The second-order valence-corrected chi connectivity index (χ2v) is 4.27. The molecule has 17 heavy (non-hydrogen) atoms. The van der Waals surface area contributed by atoms with E-state index in [1.807, 2.05) is 17.7 Å². The normalized spacial score (nSPS) is 11.0. The highest BCUT2D eigenvalue weighted by atomic mass is 35.5. The third-order valence-corrected chi connectivity index (χ3v) is 3.15. The van der Waals surface area contributed by atoms with Crippen molar-refractivity contribution in [3.63, 3.8) is 0 Å². The first-order valence-corrected chi connectivity index (χ1v) is 6.03. The van der Waals surface area contributed by atoms with Gasteiger partial charge in [-0.3, -0.25) is 4.68 Å². The minimum Gasteiger partial charge on any atom is -0.472 e. The summed E-state index contributed by atoms with van der Waals surface area (Å²) in [6, 6.07) is 1.94. The van der Waals surface area contributed by atoms with Crippen molar-refractivity contribution < 1.29 is 4.42 Å². The van der Waals surface area contributed by atoms with E-state index < -0.39 is 0 Å². The van der Waals surface area contributed by atoms with Crippen molar-refractivity contribution in [1.82, 2.24) is 15.1 Å².